The number of carbonyl (C=O) groups excluding carboxylic acids is 1. The lowest BCUT2D eigenvalue weighted by atomic mass is 10.3. The minimum atomic E-state index is -0.0812. The molecule has 1 aromatic heterocycles. The highest BCUT2D eigenvalue weighted by Crippen LogP contribution is 2.34. The van der Waals surface area contributed by atoms with Gasteiger partial charge in [-0.1, -0.05) is 6.07 Å². The van der Waals surface area contributed by atoms with Crippen molar-refractivity contribution >= 4 is 62.3 Å². The summed E-state index contributed by atoms with van der Waals surface area (Å²) in [5.74, 6) is 0.550. The smallest absolute Gasteiger partial charge is 0.266 e. The van der Waals surface area contributed by atoms with E-state index >= 15 is 0 Å². The van der Waals surface area contributed by atoms with Crippen LogP contribution in [0.1, 0.15) is 5.76 Å². The van der Waals surface area contributed by atoms with Gasteiger partial charge in [0.15, 0.2) is 9.84 Å². The van der Waals surface area contributed by atoms with E-state index in [1.54, 1.807) is 35.9 Å². The number of thioether (sulfide) groups is 2. The maximum absolute atomic E-state index is 12.3. The molecule has 1 aliphatic rings. The molecule has 4 nitrogen and oxygen atoms in total. The Bertz CT molecular complexity index is 814. The summed E-state index contributed by atoms with van der Waals surface area (Å²) in [6.07, 6.45) is 3.75. The third-order valence-corrected chi connectivity index (χ3v) is 5.36. The molecule has 1 amide bonds. The molecule has 0 spiro atoms. The summed E-state index contributed by atoms with van der Waals surface area (Å²) in [5, 5.41) is 0.658. The molecule has 7 heteroatoms. The molecule has 23 heavy (non-hydrogen) atoms. The molecule has 0 bridgehead atoms. The van der Waals surface area contributed by atoms with Crippen molar-refractivity contribution in [2.24, 2.45) is 4.99 Å². The van der Waals surface area contributed by atoms with E-state index in [1.807, 2.05) is 36.6 Å². The summed E-state index contributed by atoms with van der Waals surface area (Å²) in [7, 11) is 1.73. The van der Waals surface area contributed by atoms with Crippen molar-refractivity contribution in [3.05, 3.63) is 51.7 Å². The van der Waals surface area contributed by atoms with Crippen LogP contribution in [-0.4, -0.2) is 29.3 Å². The summed E-state index contributed by atoms with van der Waals surface area (Å²) in [4.78, 5) is 20.2. The minimum Gasteiger partial charge on any atom is -0.450 e. The summed E-state index contributed by atoms with van der Waals surface area (Å²) >= 11 is 6.26. The normalized spacial score (nSPS) is 18.4. The Morgan fingerprint density at radius 2 is 2.17 bits per heavy atom. The van der Waals surface area contributed by atoms with Gasteiger partial charge in [-0.3, -0.25) is 9.69 Å². The van der Waals surface area contributed by atoms with Crippen LogP contribution in [0, 0.1) is 0 Å². The SMILES string of the molecule is CSc1cccc(N=C2S/C(=C/c3ccc(Br)o3)C(=O)N2C)c1. The van der Waals surface area contributed by atoms with Crippen molar-refractivity contribution in [2.75, 3.05) is 13.3 Å². The van der Waals surface area contributed by atoms with Crippen LogP contribution in [0.5, 0.6) is 0 Å². The molecule has 0 saturated carbocycles. The third kappa shape index (κ3) is 3.73. The second-order valence-corrected chi connectivity index (χ2v) is 7.38. The molecule has 0 radical (unpaired) electrons. The van der Waals surface area contributed by atoms with Crippen LogP contribution in [0.25, 0.3) is 6.08 Å². The number of amides is 1. The zero-order valence-corrected chi connectivity index (χ0v) is 15.7. The van der Waals surface area contributed by atoms with Crippen LogP contribution in [0.15, 0.2) is 60.3 Å². The van der Waals surface area contributed by atoms with Crippen LogP contribution in [-0.2, 0) is 4.79 Å². The van der Waals surface area contributed by atoms with E-state index in [0.29, 0.717) is 20.5 Å². The lowest BCUT2D eigenvalue weighted by Gasteiger charge is -2.07. The first kappa shape index (κ1) is 16.4. The average molecular weight is 409 g/mol. The fourth-order valence-electron chi connectivity index (χ4n) is 1.98. The molecule has 1 aliphatic heterocycles. The van der Waals surface area contributed by atoms with Crippen LogP contribution >= 0.6 is 39.5 Å². The monoisotopic (exact) mass is 408 g/mol. The molecule has 118 valence electrons. The number of rotatable bonds is 3. The summed E-state index contributed by atoms with van der Waals surface area (Å²) in [6.45, 7) is 0. The van der Waals surface area contributed by atoms with E-state index in [4.69, 9.17) is 4.42 Å². The van der Waals surface area contributed by atoms with Crippen LogP contribution in [0.4, 0.5) is 5.69 Å². The van der Waals surface area contributed by atoms with Crippen LogP contribution in [0.2, 0.25) is 0 Å². The number of aliphatic imine (C=N–C) groups is 1. The standard InChI is InChI=1S/C16H13BrN2O2S2/c1-19-15(20)13(9-11-6-7-14(17)21-11)23-16(19)18-10-4-3-5-12(8-10)22-2/h3-9H,1-2H3/b13-9+,18-16?. The Balaban J connectivity index is 1.88. The number of benzene rings is 1. The van der Waals surface area contributed by atoms with Crippen LogP contribution in [0.3, 0.4) is 0 Å². The van der Waals surface area contributed by atoms with E-state index in [0.717, 1.165) is 10.6 Å². The van der Waals surface area contributed by atoms with Gasteiger partial charge in [0, 0.05) is 18.0 Å². The lowest BCUT2D eigenvalue weighted by Crippen LogP contribution is -2.23. The quantitative estimate of drug-likeness (QED) is 0.529. The van der Waals surface area contributed by atoms with Gasteiger partial charge in [-0.2, -0.15) is 0 Å². The fraction of sp³-hybridized carbons (Fsp3) is 0.125. The lowest BCUT2D eigenvalue weighted by molar-refractivity contribution is -0.121. The van der Waals surface area contributed by atoms with E-state index in [9.17, 15) is 4.79 Å². The Labute approximate surface area is 151 Å². The number of hydrogen-bond donors (Lipinski definition) is 0. The van der Waals surface area contributed by atoms with E-state index in [1.165, 1.54) is 11.8 Å². The number of likely N-dealkylation sites (N-methyl/N-ethyl adjacent to an activating group) is 1. The summed E-state index contributed by atoms with van der Waals surface area (Å²) < 4.78 is 6.06. The van der Waals surface area contributed by atoms with Gasteiger partial charge in [0.2, 0.25) is 0 Å². The topological polar surface area (TPSA) is 45.8 Å². The number of hydrogen-bond acceptors (Lipinski definition) is 5. The molecule has 0 aliphatic carbocycles. The van der Waals surface area contributed by atoms with Gasteiger partial charge in [0.1, 0.15) is 5.76 Å². The maximum Gasteiger partial charge on any atom is 0.266 e. The molecule has 0 atom stereocenters. The largest absolute Gasteiger partial charge is 0.450 e. The third-order valence-electron chi connectivity index (χ3n) is 3.15. The Hall–Kier alpha value is -1.44. The van der Waals surface area contributed by atoms with Crippen molar-refractivity contribution in [2.45, 2.75) is 4.90 Å². The van der Waals surface area contributed by atoms with Gasteiger partial charge >= 0.3 is 0 Å². The zero-order valence-electron chi connectivity index (χ0n) is 12.4. The molecule has 1 fully saturated rings. The van der Waals surface area contributed by atoms with Crippen molar-refractivity contribution < 1.29 is 9.21 Å². The summed E-state index contributed by atoms with van der Waals surface area (Å²) in [5.41, 5.74) is 0.834. The first-order valence-electron chi connectivity index (χ1n) is 6.72. The molecular weight excluding hydrogens is 396 g/mol. The number of furan rings is 1. The highest BCUT2D eigenvalue weighted by molar-refractivity contribution is 9.10. The molecule has 1 aromatic carbocycles. The molecule has 0 unspecified atom stereocenters. The number of amidine groups is 1. The second-order valence-electron chi connectivity index (χ2n) is 4.71. The molecule has 3 rings (SSSR count). The molecule has 0 N–H and O–H groups in total. The maximum atomic E-state index is 12.3. The minimum absolute atomic E-state index is 0.0812. The van der Waals surface area contributed by atoms with Crippen molar-refractivity contribution in [3.8, 4) is 0 Å². The number of carbonyl (C=O) groups is 1. The van der Waals surface area contributed by atoms with Crippen LogP contribution < -0.4 is 0 Å². The molecule has 2 aromatic rings. The predicted molar refractivity (Wildman–Crippen MR) is 100 cm³/mol. The van der Waals surface area contributed by atoms with Gasteiger partial charge in [0.25, 0.3) is 5.91 Å². The predicted octanol–water partition coefficient (Wildman–Crippen LogP) is 5.00. The van der Waals surface area contributed by atoms with Gasteiger partial charge in [-0.05, 0) is 64.3 Å². The van der Waals surface area contributed by atoms with Gasteiger partial charge in [0.05, 0.1) is 10.6 Å². The van der Waals surface area contributed by atoms with Crippen molar-refractivity contribution in [1.29, 1.82) is 0 Å². The highest BCUT2D eigenvalue weighted by atomic mass is 79.9. The van der Waals surface area contributed by atoms with Crippen molar-refractivity contribution in [1.82, 2.24) is 4.90 Å². The molecular formula is C16H13BrN2O2S2. The van der Waals surface area contributed by atoms with Gasteiger partial charge in [-0.15, -0.1) is 11.8 Å². The van der Waals surface area contributed by atoms with Gasteiger partial charge < -0.3 is 4.42 Å². The van der Waals surface area contributed by atoms with Gasteiger partial charge in [-0.25, -0.2) is 4.99 Å². The Kier molecular flexibility index (Phi) is 4.99. The first-order chi connectivity index (χ1) is 11.1. The van der Waals surface area contributed by atoms with E-state index in [2.05, 4.69) is 20.9 Å². The molecule has 2 heterocycles. The Morgan fingerprint density at radius 1 is 1.35 bits per heavy atom. The molecule has 1 saturated heterocycles. The number of nitrogens with zero attached hydrogens (tertiary/aromatic N) is 2. The first-order valence-corrected chi connectivity index (χ1v) is 9.56. The second kappa shape index (κ2) is 6.98. The highest BCUT2D eigenvalue weighted by Gasteiger charge is 2.30. The zero-order chi connectivity index (χ0) is 16.4. The summed E-state index contributed by atoms with van der Waals surface area (Å²) in [6, 6.07) is 11.5. The van der Waals surface area contributed by atoms with E-state index in [-0.39, 0.29) is 5.91 Å². The average Bonchev–Trinajstić information content (AvgIpc) is 3.07. The fourth-order valence-corrected chi connectivity index (χ4v) is 3.72. The van der Waals surface area contributed by atoms with Crippen molar-refractivity contribution in [3.63, 3.8) is 0 Å². The number of halogens is 1. The Morgan fingerprint density at radius 3 is 2.87 bits per heavy atom. The van der Waals surface area contributed by atoms with E-state index < -0.39 is 0 Å².